The predicted octanol–water partition coefficient (Wildman–Crippen LogP) is 3.64. The third kappa shape index (κ3) is 11.2. The fourth-order valence-electron chi connectivity index (χ4n) is 6.02. The number of alkyl carbamates (subject to hydrolysis) is 1. The summed E-state index contributed by atoms with van der Waals surface area (Å²) in [6, 6.07) is 12.5. The smallest absolute Gasteiger partial charge is 0.417 e. The molecule has 2 fully saturated rings. The van der Waals surface area contributed by atoms with Crippen molar-refractivity contribution in [1.29, 1.82) is 5.41 Å². The molecule has 3 aromatic rings. The second-order valence-electron chi connectivity index (χ2n) is 13.5. The van der Waals surface area contributed by atoms with E-state index in [4.69, 9.17) is 19.6 Å². The Morgan fingerprint density at radius 2 is 1.22 bits per heavy atom. The van der Waals surface area contributed by atoms with Crippen LogP contribution in [0.1, 0.15) is 30.0 Å². The van der Waals surface area contributed by atoms with Crippen LogP contribution in [0.25, 0.3) is 0 Å². The Hall–Kier alpha value is -7.37. The zero-order valence-electron chi connectivity index (χ0n) is 31.5. The van der Waals surface area contributed by atoms with Gasteiger partial charge in [0.05, 0.1) is 20.8 Å². The number of nitro groups is 3. The summed E-state index contributed by atoms with van der Waals surface area (Å²) < 4.78 is 15.7. The van der Waals surface area contributed by atoms with Crippen molar-refractivity contribution in [1.82, 2.24) is 25.3 Å². The van der Waals surface area contributed by atoms with Gasteiger partial charge in [0, 0.05) is 61.3 Å². The molecule has 3 aromatic carbocycles. The van der Waals surface area contributed by atoms with Crippen molar-refractivity contribution >= 4 is 65.7 Å². The van der Waals surface area contributed by atoms with Crippen LogP contribution in [0.15, 0.2) is 72.8 Å². The monoisotopic (exact) mass is 851 g/mol. The van der Waals surface area contributed by atoms with E-state index in [-0.39, 0.29) is 61.6 Å². The molecule has 3 N–H and O–H groups in total. The van der Waals surface area contributed by atoms with Crippen LogP contribution in [0.4, 0.5) is 31.4 Å². The molecule has 2 saturated heterocycles. The molecule has 5 rings (SSSR count). The molecule has 0 saturated carbocycles. The number of nitrogens with one attached hydrogen (secondary N) is 3. The van der Waals surface area contributed by atoms with Gasteiger partial charge in [-0.15, -0.1) is 0 Å². The normalized spacial score (nSPS) is 16.4. The zero-order valence-corrected chi connectivity index (χ0v) is 32.4. The van der Waals surface area contributed by atoms with E-state index in [2.05, 4.69) is 17.9 Å². The van der Waals surface area contributed by atoms with Gasteiger partial charge in [0.15, 0.2) is 0 Å². The van der Waals surface area contributed by atoms with Gasteiger partial charge < -0.3 is 24.4 Å². The molecule has 5 amide bonds. The Bertz CT molecular complexity index is 2150. The van der Waals surface area contributed by atoms with E-state index in [0.29, 0.717) is 21.6 Å². The lowest BCUT2D eigenvalue weighted by molar-refractivity contribution is -0.385. The fourth-order valence-corrected chi connectivity index (χ4v) is 6.39. The number of hydrogen-bond donors (Lipinski definition) is 4. The van der Waals surface area contributed by atoms with Crippen LogP contribution in [-0.4, -0.2) is 109 Å². The molecule has 0 radical (unpaired) electrons. The minimum absolute atomic E-state index is 0.0198. The number of benzene rings is 3. The molecule has 2 heterocycles. The van der Waals surface area contributed by atoms with Gasteiger partial charge in [-0.1, -0.05) is 0 Å². The number of guanidine groups is 1. The summed E-state index contributed by atoms with van der Waals surface area (Å²) in [5.41, 5.74) is 0.666. The SMILES string of the molecule is C[C@@H](C(=O)NC1CN(C(=O)[C@@H]2C[C@H](S)CN2C(=O)OCc2ccc([N+](=O)[O-])cc2)C1)N(C(=N)NC(=O)OCc1ccc([N+](=O)[O-])cc1)C(=O)OCc1ccc([N+](=O)[O-])cc1. The predicted molar refractivity (Wildman–Crippen MR) is 208 cm³/mol. The molecule has 23 nitrogen and oxygen atoms in total. The van der Waals surface area contributed by atoms with Crippen LogP contribution in [0.5, 0.6) is 0 Å². The van der Waals surface area contributed by atoms with Gasteiger partial charge in [0.2, 0.25) is 17.8 Å². The van der Waals surface area contributed by atoms with Gasteiger partial charge in [0.25, 0.3) is 17.1 Å². The number of rotatable bonds is 13. The number of thiol groups is 1. The highest BCUT2D eigenvalue weighted by molar-refractivity contribution is 7.81. The van der Waals surface area contributed by atoms with E-state index < -0.39 is 75.6 Å². The number of non-ortho nitro benzene ring substituents is 3. The Morgan fingerprint density at radius 1 is 0.767 bits per heavy atom. The van der Waals surface area contributed by atoms with Crippen molar-refractivity contribution in [3.05, 3.63) is 120 Å². The molecule has 0 bridgehead atoms. The van der Waals surface area contributed by atoms with Gasteiger partial charge in [-0.25, -0.2) is 19.3 Å². The minimum Gasteiger partial charge on any atom is -0.445 e. The highest BCUT2D eigenvalue weighted by Crippen LogP contribution is 2.27. The molecule has 316 valence electrons. The van der Waals surface area contributed by atoms with E-state index in [0.717, 1.165) is 0 Å². The molecule has 24 heteroatoms. The van der Waals surface area contributed by atoms with Gasteiger partial charge in [-0.05, 0) is 66.4 Å². The number of amides is 5. The lowest BCUT2D eigenvalue weighted by atomic mass is 10.1. The van der Waals surface area contributed by atoms with Crippen molar-refractivity contribution in [2.45, 2.75) is 56.5 Å². The Kier molecular flexibility index (Phi) is 14.1. The maximum atomic E-state index is 13.5. The Balaban J connectivity index is 1.17. The largest absolute Gasteiger partial charge is 0.445 e. The van der Waals surface area contributed by atoms with Crippen LogP contribution >= 0.6 is 12.6 Å². The maximum Gasteiger partial charge on any atom is 0.417 e. The molecule has 60 heavy (non-hydrogen) atoms. The number of likely N-dealkylation sites (tertiary alicyclic amines) is 2. The third-order valence-corrected chi connectivity index (χ3v) is 9.67. The molecular formula is C36H37N9O14S. The van der Waals surface area contributed by atoms with Crippen LogP contribution in [0.2, 0.25) is 0 Å². The van der Waals surface area contributed by atoms with Crippen molar-refractivity contribution in [2.24, 2.45) is 0 Å². The number of nitro benzene ring substituents is 3. The van der Waals surface area contributed by atoms with Crippen molar-refractivity contribution in [2.75, 3.05) is 19.6 Å². The number of nitrogens with zero attached hydrogens (tertiary/aromatic N) is 6. The van der Waals surface area contributed by atoms with Gasteiger partial charge in [0.1, 0.15) is 31.9 Å². The highest BCUT2D eigenvalue weighted by atomic mass is 32.1. The lowest BCUT2D eigenvalue weighted by Gasteiger charge is -2.42. The summed E-state index contributed by atoms with van der Waals surface area (Å²) in [6.45, 7) is 0.399. The zero-order chi connectivity index (χ0) is 43.7. The standard InChI is InChI=1S/C36H37N9O14S/c1-21(31(46)38-25-15-40(16-25)32(47)30-14-29(60)17-41(30)35(49)58-19-23-4-10-27(11-5-23)44(53)54)42(36(50)59-20-24-6-12-28(13-7-24)45(55)56)33(37)39-34(48)57-18-22-2-8-26(9-3-22)43(51)52/h2-13,21,25,29-30,60H,14-20H2,1H3,(H,38,46)(H2,37,39,48)/t21-,29-,30-/m0/s1. The van der Waals surface area contributed by atoms with Crippen molar-refractivity contribution in [3.63, 3.8) is 0 Å². The van der Waals surface area contributed by atoms with Crippen LogP contribution in [0, 0.1) is 35.8 Å². The molecule has 2 aliphatic heterocycles. The van der Waals surface area contributed by atoms with Crippen LogP contribution < -0.4 is 10.6 Å². The third-order valence-electron chi connectivity index (χ3n) is 9.30. The summed E-state index contributed by atoms with van der Waals surface area (Å²) in [7, 11) is 0. The fraction of sp³-hybridized carbons (Fsp3) is 0.333. The second kappa shape index (κ2) is 19.4. The molecule has 0 aromatic heterocycles. The minimum atomic E-state index is -1.50. The Morgan fingerprint density at radius 3 is 1.68 bits per heavy atom. The summed E-state index contributed by atoms with van der Waals surface area (Å²) >= 11 is 4.45. The van der Waals surface area contributed by atoms with E-state index in [9.17, 15) is 54.3 Å². The average Bonchev–Trinajstić information content (AvgIpc) is 3.61. The topological polar surface area (TPSA) is 300 Å². The van der Waals surface area contributed by atoms with Crippen LogP contribution in [0.3, 0.4) is 0 Å². The second-order valence-corrected chi connectivity index (χ2v) is 14.2. The summed E-state index contributed by atoms with van der Waals surface area (Å²) in [4.78, 5) is 100. The van der Waals surface area contributed by atoms with Gasteiger partial charge >= 0.3 is 18.3 Å². The first-order valence-electron chi connectivity index (χ1n) is 17.9. The summed E-state index contributed by atoms with van der Waals surface area (Å²) in [6.07, 6.45) is -3.03. The molecular weight excluding hydrogens is 815 g/mol. The van der Waals surface area contributed by atoms with Crippen molar-refractivity contribution in [3.8, 4) is 0 Å². The maximum absolute atomic E-state index is 13.5. The van der Waals surface area contributed by atoms with E-state index in [1.165, 1.54) is 89.5 Å². The molecule has 0 spiro atoms. The number of hydrogen-bond acceptors (Lipinski definition) is 16. The highest BCUT2D eigenvalue weighted by Gasteiger charge is 2.45. The molecule has 3 atom stereocenters. The first kappa shape index (κ1) is 43.7. The molecule has 2 aliphatic rings. The molecule has 0 aliphatic carbocycles. The summed E-state index contributed by atoms with van der Waals surface area (Å²) in [5.74, 6) is -2.15. The summed E-state index contributed by atoms with van der Waals surface area (Å²) in [5, 5.41) is 45.7. The van der Waals surface area contributed by atoms with Crippen LogP contribution in [-0.2, 0) is 43.6 Å². The van der Waals surface area contributed by atoms with Crippen molar-refractivity contribution < 1.29 is 53.0 Å². The average molecular weight is 852 g/mol. The van der Waals surface area contributed by atoms with Gasteiger partial charge in [-0.3, -0.25) is 55.6 Å². The molecule has 0 unspecified atom stereocenters. The first-order valence-corrected chi connectivity index (χ1v) is 18.4. The lowest BCUT2D eigenvalue weighted by Crippen LogP contribution is -2.66. The Labute approximate surface area is 344 Å². The first-order chi connectivity index (χ1) is 28.5. The quantitative estimate of drug-likeness (QED) is 0.0477. The number of carbonyl (C=O) groups excluding carboxylic acids is 5. The number of ether oxygens (including phenoxy) is 3. The van der Waals surface area contributed by atoms with Gasteiger partial charge in [-0.2, -0.15) is 12.6 Å². The van der Waals surface area contributed by atoms with E-state index in [1.54, 1.807) is 0 Å². The van der Waals surface area contributed by atoms with E-state index in [1.807, 2.05) is 5.32 Å². The number of carbonyl (C=O) groups is 5. The van der Waals surface area contributed by atoms with E-state index >= 15 is 0 Å².